The van der Waals surface area contributed by atoms with Gasteiger partial charge in [0.05, 0.1) is 21.8 Å². The molecule has 0 atom stereocenters. The molecule has 0 saturated carbocycles. The number of hydrogen-bond donors (Lipinski definition) is 1. The summed E-state index contributed by atoms with van der Waals surface area (Å²) in [7, 11) is 0. The second kappa shape index (κ2) is 5.27. The van der Waals surface area contributed by atoms with Gasteiger partial charge in [0.25, 0.3) is 0 Å². The van der Waals surface area contributed by atoms with E-state index in [2.05, 4.69) is 18.0 Å². The van der Waals surface area contributed by atoms with Crippen LogP contribution >= 0.6 is 11.3 Å². The van der Waals surface area contributed by atoms with Crippen molar-refractivity contribution in [1.82, 2.24) is 4.98 Å². The van der Waals surface area contributed by atoms with Crippen molar-refractivity contribution in [2.24, 2.45) is 5.73 Å². The Kier molecular flexibility index (Phi) is 3.74. The first kappa shape index (κ1) is 11.4. The summed E-state index contributed by atoms with van der Waals surface area (Å²) in [6.45, 7) is 3.47. The van der Waals surface area contributed by atoms with E-state index in [0.29, 0.717) is 13.2 Å². The van der Waals surface area contributed by atoms with Crippen LogP contribution < -0.4 is 10.5 Å². The van der Waals surface area contributed by atoms with E-state index < -0.39 is 0 Å². The first-order valence-corrected chi connectivity index (χ1v) is 6.37. The molecule has 1 heterocycles. The molecular formula is C12H16N2OS. The van der Waals surface area contributed by atoms with Crippen molar-refractivity contribution in [2.45, 2.75) is 19.8 Å². The topological polar surface area (TPSA) is 48.1 Å². The van der Waals surface area contributed by atoms with Gasteiger partial charge >= 0.3 is 0 Å². The van der Waals surface area contributed by atoms with Crippen molar-refractivity contribution >= 4 is 21.6 Å². The van der Waals surface area contributed by atoms with E-state index >= 15 is 0 Å². The van der Waals surface area contributed by atoms with Crippen LogP contribution in [0, 0.1) is 0 Å². The molecule has 4 heteroatoms. The molecule has 2 N–H and O–H groups in total. The fourth-order valence-corrected chi connectivity index (χ4v) is 2.40. The Morgan fingerprint density at radius 1 is 1.44 bits per heavy atom. The zero-order chi connectivity index (χ0) is 11.4. The lowest BCUT2D eigenvalue weighted by molar-refractivity contribution is 0.314. The molecule has 0 aliphatic carbocycles. The zero-order valence-corrected chi connectivity index (χ0v) is 10.2. The summed E-state index contributed by atoms with van der Waals surface area (Å²) in [5.74, 6) is 0.909. The number of rotatable bonds is 5. The van der Waals surface area contributed by atoms with Crippen molar-refractivity contribution in [1.29, 1.82) is 0 Å². The molecule has 0 aliphatic rings. The lowest BCUT2D eigenvalue weighted by atomic mass is 10.3. The highest BCUT2D eigenvalue weighted by molar-refractivity contribution is 7.18. The predicted molar refractivity (Wildman–Crippen MR) is 68.2 cm³/mol. The number of aromatic nitrogens is 1. The molecule has 0 fully saturated rings. The molecule has 0 aliphatic heterocycles. The molecule has 0 amide bonds. The predicted octanol–water partition coefficient (Wildman–Crippen LogP) is 2.59. The van der Waals surface area contributed by atoms with Crippen LogP contribution in [-0.4, -0.2) is 18.1 Å². The number of fused-ring (bicyclic) bond motifs is 1. The number of thiazole rings is 1. The maximum atomic E-state index is 5.60. The number of hydrogen-bond acceptors (Lipinski definition) is 4. The van der Waals surface area contributed by atoms with Gasteiger partial charge in [0, 0.05) is 0 Å². The van der Waals surface area contributed by atoms with Crippen molar-refractivity contribution in [3.8, 4) is 5.75 Å². The van der Waals surface area contributed by atoms with Crippen molar-refractivity contribution in [3.05, 3.63) is 23.2 Å². The van der Waals surface area contributed by atoms with Gasteiger partial charge in [0.2, 0.25) is 0 Å². The van der Waals surface area contributed by atoms with E-state index in [4.69, 9.17) is 10.5 Å². The average Bonchev–Trinajstić information content (AvgIpc) is 2.71. The Hall–Kier alpha value is -1.13. The Morgan fingerprint density at radius 3 is 3.06 bits per heavy atom. The van der Waals surface area contributed by atoms with Crippen LogP contribution in [0.4, 0.5) is 0 Å². The first-order valence-electron chi connectivity index (χ1n) is 5.56. The van der Waals surface area contributed by atoms with E-state index in [1.54, 1.807) is 11.3 Å². The molecule has 1 aromatic carbocycles. The summed E-state index contributed by atoms with van der Waals surface area (Å²) < 4.78 is 6.79. The normalized spacial score (nSPS) is 10.9. The molecule has 1 aromatic heterocycles. The highest BCUT2D eigenvalue weighted by Gasteiger charge is 2.03. The summed E-state index contributed by atoms with van der Waals surface area (Å²) in [6.07, 6.45) is 1.88. The van der Waals surface area contributed by atoms with Crippen LogP contribution in [0.3, 0.4) is 0 Å². The maximum Gasteiger partial charge on any atom is 0.120 e. The van der Waals surface area contributed by atoms with Gasteiger partial charge in [-0.3, -0.25) is 0 Å². The van der Waals surface area contributed by atoms with E-state index in [0.717, 1.165) is 24.1 Å². The highest BCUT2D eigenvalue weighted by atomic mass is 32.1. The average molecular weight is 236 g/mol. The first-order chi connectivity index (χ1) is 7.83. The van der Waals surface area contributed by atoms with Gasteiger partial charge < -0.3 is 10.5 Å². The molecule has 0 spiro atoms. The second-order valence-corrected chi connectivity index (χ2v) is 4.70. The third-order valence-corrected chi connectivity index (χ3v) is 3.49. The Balaban J connectivity index is 2.15. The minimum atomic E-state index is 0.669. The van der Waals surface area contributed by atoms with Gasteiger partial charge in [-0.1, -0.05) is 6.92 Å². The number of ether oxygens (including phenoxy) is 1. The summed E-state index contributed by atoms with van der Waals surface area (Å²) in [6, 6.07) is 6.05. The van der Waals surface area contributed by atoms with Crippen LogP contribution in [0.2, 0.25) is 0 Å². The van der Waals surface area contributed by atoms with Gasteiger partial charge in [-0.05, 0) is 37.6 Å². The molecule has 3 nitrogen and oxygen atoms in total. The summed E-state index contributed by atoms with van der Waals surface area (Å²) in [5, 5.41) is 1.18. The fourth-order valence-electron chi connectivity index (χ4n) is 1.47. The van der Waals surface area contributed by atoms with Crippen LogP contribution in [0.1, 0.15) is 18.4 Å². The Morgan fingerprint density at radius 2 is 2.31 bits per heavy atom. The van der Waals surface area contributed by atoms with Crippen LogP contribution in [0.5, 0.6) is 5.75 Å². The van der Waals surface area contributed by atoms with Crippen molar-refractivity contribution in [3.63, 3.8) is 0 Å². The summed E-state index contributed by atoms with van der Waals surface area (Å²) in [5.41, 5.74) is 6.48. The Labute approximate surface area is 99.3 Å². The number of nitrogens with zero attached hydrogens (tertiary/aromatic N) is 1. The number of aryl methyl sites for hydroxylation is 1. The molecule has 0 unspecified atom stereocenters. The SMILES string of the molecule is CCc1nc2ccc(OCCCN)cc2s1. The van der Waals surface area contributed by atoms with Gasteiger partial charge in [0.15, 0.2) is 0 Å². The van der Waals surface area contributed by atoms with E-state index in [1.165, 1.54) is 9.71 Å². The molecule has 16 heavy (non-hydrogen) atoms. The molecule has 2 aromatic rings. The van der Waals surface area contributed by atoms with Crippen LogP contribution in [-0.2, 0) is 6.42 Å². The van der Waals surface area contributed by atoms with Crippen molar-refractivity contribution in [2.75, 3.05) is 13.2 Å². The summed E-state index contributed by atoms with van der Waals surface area (Å²) >= 11 is 1.73. The third kappa shape index (κ3) is 2.51. The fraction of sp³-hybridized carbons (Fsp3) is 0.417. The minimum Gasteiger partial charge on any atom is -0.493 e. The lowest BCUT2D eigenvalue weighted by Crippen LogP contribution is -2.05. The van der Waals surface area contributed by atoms with E-state index in [9.17, 15) is 0 Å². The van der Waals surface area contributed by atoms with Crippen molar-refractivity contribution < 1.29 is 4.74 Å². The van der Waals surface area contributed by atoms with E-state index in [1.807, 2.05) is 12.1 Å². The van der Waals surface area contributed by atoms with Gasteiger partial charge in [-0.25, -0.2) is 4.98 Å². The molecule has 2 rings (SSSR count). The highest BCUT2D eigenvalue weighted by Crippen LogP contribution is 2.26. The Bertz CT molecular complexity index is 467. The summed E-state index contributed by atoms with van der Waals surface area (Å²) in [4.78, 5) is 4.51. The largest absolute Gasteiger partial charge is 0.493 e. The zero-order valence-electron chi connectivity index (χ0n) is 9.40. The molecule has 0 radical (unpaired) electrons. The number of benzene rings is 1. The van der Waals surface area contributed by atoms with Crippen LogP contribution in [0.25, 0.3) is 10.2 Å². The molecule has 0 bridgehead atoms. The molecule has 0 saturated heterocycles. The maximum absolute atomic E-state index is 5.60. The standard InChI is InChI=1S/C12H16N2OS/c1-2-12-14-10-5-4-9(8-11(10)16-12)15-7-3-6-13/h4-5,8H,2-3,6-7,13H2,1H3. The molecular weight excluding hydrogens is 220 g/mol. The van der Waals surface area contributed by atoms with Gasteiger partial charge in [-0.15, -0.1) is 11.3 Å². The smallest absolute Gasteiger partial charge is 0.120 e. The monoisotopic (exact) mass is 236 g/mol. The lowest BCUT2D eigenvalue weighted by Gasteiger charge is -2.04. The second-order valence-electron chi connectivity index (χ2n) is 3.58. The molecule has 86 valence electrons. The quantitative estimate of drug-likeness (QED) is 0.812. The minimum absolute atomic E-state index is 0.669. The number of nitrogens with two attached hydrogens (primary N) is 1. The third-order valence-electron chi connectivity index (χ3n) is 2.32. The van der Waals surface area contributed by atoms with Gasteiger partial charge in [-0.2, -0.15) is 0 Å². The van der Waals surface area contributed by atoms with Gasteiger partial charge in [0.1, 0.15) is 5.75 Å². The van der Waals surface area contributed by atoms with Crippen LogP contribution in [0.15, 0.2) is 18.2 Å². The van der Waals surface area contributed by atoms with E-state index in [-0.39, 0.29) is 0 Å².